The van der Waals surface area contributed by atoms with Gasteiger partial charge in [0.2, 0.25) is 0 Å². The van der Waals surface area contributed by atoms with Crippen LogP contribution >= 0.6 is 12.2 Å². The van der Waals surface area contributed by atoms with Crippen molar-refractivity contribution in [1.29, 1.82) is 0 Å². The third-order valence-corrected chi connectivity index (χ3v) is 3.96. The van der Waals surface area contributed by atoms with Crippen molar-refractivity contribution in [3.8, 4) is 0 Å². The van der Waals surface area contributed by atoms with Crippen LogP contribution < -0.4 is 11.1 Å². The quantitative estimate of drug-likeness (QED) is 0.453. The summed E-state index contributed by atoms with van der Waals surface area (Å²) in [6, 6.07) is 9.81. The molecule has 1 heterocycles. The molecule has 1 aromatic carbocycles. The summed E-state index contributed by atoms with van der Waals surface area (Å²) in [7, 11) is 0. The molecule has 0 atom stereocenters. The van der Waals surface area contributed by atoms with E-state index >= 15 is 0 Å². The minimum absolute atomic E-state index is 0.213. The van der Waals surface area contributed by atoms with Crippen molar-refractivity contribution >= 4 is 23.2 Å². The molecule has 130 valence electrons. The SMILES string of the molecule is CCOC(=O)/C(C(=S)NCc1ccccc1)=C(/N)N1CCOCC1. The van der Waals surface area contributed by atoms with Crippen LogP contribution in [0.2, 0.25) is 0 Å². The van der Waals surface area contributed by atoms with Gasteiger partial charge in [-0.2, -0.15) is 0 Å². The number of nitrogens with zero attached hydrogens (tertiary/aromatic N) is 1. The van der Waals surface area contributed by atoms with Gasteiger partial charge in [0.15, 0.2) is 0 Å². The molecule has 0 radical (unpaired) electrons. The lowest BCUT2D eigenvalue weighted by Crippen LogP contribution is -2.42. The van der Waals surface area contributed by atoms with Crippen LogP contribution in [0.1, 0.15) is 12.5 Å². The number of rotatable bonds is 6. The van der Waals surface area contributed by atoms with Crippen LogP contribution in [0, 0.1) is 0 Å². The second-order valence-electron chi connectivity index (χ2n) is 5.25. The molecule has 2 rings (SSSR count). The fourth-order valence-corrected chi connectivity index (χ4v) is 2.61. The second-order valence-corrected chi connectivity index (χ2v) is 5.66. The fraction of sp³-hybridized carbons (Fsp3) is 0.412. The largest absolute Gasteiger partial charge is 0.462 e. The number of hydrogen-bond acceptors (Lipinski definition) is 6. The standard InChI is InChI=1S/C17H23N3O3S/c1-2-23-17(21)14(15(18)20-8-10-22-11-9-20)16(24)19-12-13-6-4-3-5-7-13/h3-7H,2,8-12,18H2,1H3,(H,19,24)/b15-14-. The van der Waals surface area contributed by atoms with Gasteiger partial charge >= 0.3 is 5.97 Å². The van der Waals surface area contributed by atoms with Crippen molar-refractivity contribution in [1.82, 2.24) is 10.2 Å². The summed E-state index contributed by atoms with van der Waals surface area (Å²) < 4.78 is 10.4. The van der Waals surface area contributed by atoms with Gasteiger partial charge in [-0.3, -0.25) is 0 Å². The molecule has 0 bridgehead atoms. The lowest BCUT2D eigenvalue weighted by atomic mass is 10.2. The zero-order valence-electron chi connectivity index (χ0n) is 13.8. The Labute approximate surface area is 147 Å². The number of benzene rings is 1. The Morgan fingerprint density at radius 1 is 1.33 bits per heavy atom. The number of morpholine rings is 1. The molecule has 0 amide bonds. The molecule has 1 aliphatic rings. The van der Waals surface area contributed by atoms with Crippen LogP contribution in [0.3, 0.4) is 0 Å². The van der Waals surface area contributed by atoms with Crippen LogP contribution in [0.4, 0.5) is 0 Å². The number of carbonyl (C=O) groups is 1. The summed E-state index contributed by atoms with van der Waals surface area (Å²) in [5, 5.41) is 3.09. The van der Waals surface area contributed by atoms with Gasteiger partial charge in [-0.15, -0.1) is 0 Å². The monoisotopic (exact) mass is 349 g/mol. The van der Waals surface area contributed by atoms with Gasteiger partial charge in [0.25, 0.3) is 0 Å². The number of thiocarbonyl (C=S) groups is 1. The van der Waals surface area contributed by atoms with E-state index in [0.717, 1.165) is 5.56 Å². The molecule has 1 aliphatic heterocycles. The smallest absolute Gasteiger partial charge is 0.344 e. The van der Waals surface area contributed by atoms with Crippen LogP contribution in [-0.4, -0.2) is 48.8 Å². The van der Waals surface area contributed by atoms with E-state index in [1.54, 1.807) is 6.92 Å². The molecular weight excluding hydrogens is 326 g/mol. The van der Waals surface area contributed by atoms with Crippen LogP contribution in [0.25, 0.3) is 0 Å². The lowest BCUT2D eigenvalue weighted by molar-refractivity contribution is -0.138. The first-order chi connectivity index (χ1) is 11.6. The first-order valence-corrected chi connectivity index (χ1v) is 8.36. The maximum Gasteiger partial charge on any atom is 0.344 e. The van der Waals surface area contributed by atoms with Crippen molar-refractivity contribution < 1.29 is 14.3 Å². The van der Waals surface area contributed by atoms with Crippen molar-refractivity contribution in [2.45, 2.75) is 13.5 Å². The second kappa shape index (κ2) is 9.24. The summed E-state index contributed by atoms with van der Waals surface area (Å²) in [6.45, 7) is 4.91. The fourth-order valence-electron chi connectivity index (χ4n) is 2.35. The van der Waals surface area contributed by atoms with E-state index in [4.69, 9.17) is 27.4 Å². The first kappa shape index (κ1) is 18.2. The molecule has 0 aromatic heterocycles. The number of ether oxygens (including phenoxy) is 2. The van der Waals surface area contributed by atoms with Crippen molar-refractivity contribution in [2.24, 2.45) is 5.73 Å². The average molecular weight is 349 g/mol. The molecular formula is C17H23N3O3S. The van der Waals surface area contributed by atoms with E-state index < -0.39 is 5.97 Å². The van der Waals surface area contributed by atoms with Gasteiger partial charge in [0, 0.05) is 19.6 Å². The highest BCUT2D eigenvalue weighted by molar-refractivity contribution is 7.80. The molecule has 7 heteroatoms. The normalized spacial score (nSPS) is 15.5. The molecule has 0 spiro atoms. The third-order valence-electron chi connectivity index (χ3n) is 3.61. The Hall–Kier alpha value is -2.12. The highest BCUT2D eigenvalue weighted by atomic mass is 32.1. The summed E-state index contributed by atoms with van der Waals surface area (Å²) in [4.78, 5) is 14.5. The highest BCUT2D eigenvalue weighted by Crippen LogP contribution is 2.12. The Balaban J connectivity index is 2.15. The van der Waals surface area contributed by atoms with E-state index in [-0.39, 0.29) is 12.2 Å². The molecule has 0 unspecified atom stereocenters. The van der Waals surface area contributed by atoms with Crippen LogP contribution in [0.5, 0.6) is 0 Å². The highest BCUT2D eigenvalue weighted by Gasteiger charge is 2.24. The summed E-state index contributed by atoms with van der Waals surface area (Å²) in [6.07, 6.45) is 0. The average Bonchev–Trinajstić information content (AvgIpc) is 2.62. The summed E-state index contributed by atoms with van der Waals surface area (Å²) in [5.74, 6) is -0.172. The Morgan fingerprint density at radius 2 is 2.00 bits per heavy atom. The summed E-state index contributed by atoms with van der Waals surface area (Å²) >= 11 is 5.40. The van der Waals surface area contributed by atoms with Gasteiger partial charge in [-0.1, -0.05) is 42.5 Å². The van der Waals surface area contributed by atoms with Crippen LogP contribution in [0.15, 0.2) is 41.7 Å². The molecule has 0 saturated carbocycles. The van der Waals surface area contributed by atoms with Gasteiger partial charge < -0.3 is 25.4 Å². The number of hydrogen-bond donors (Lipinski definition) is 2. The van der Waals surface area contributed by atoms with Gasteiger partial charge in [0.05, 0.1) is 19.8 Å². The maximum absolute atomic E-state index is 12.3. The third kappa shape index (κ3) is 4.94. The molecule has 1 fully saturated rings. The van der Waals surface area contributed by atoms with E-state index in [1.165, 1.54) is 0 Å². The Kier molecular flexibility index (Phi) is 7.02. The van der Waals surface area contributed by atoms with Gasteiger partial charge in [-0.25, -0.2) is 4.79 Å². The minimum Gasteiger partial charge on any atom is -0.462 e. The van der Waals surface area contributed by atoms with Crippen molar-refractivity contribution in [3.63, 3.8) is 0 Å². The zero-order valence-corrected chi connectivity index (χ0v) is 14.6. The molecule has 0 aliphatic carbocycles. The minimum atomic E-state index is -0.507. The number of carbonyl (C=O) groups excluding carboxylic acids is 1. The Bertz CT molecular complexity index is 598. The summed E-state index contributed by atoms with van der Waals surface area (Å²) in [5.41, 5.74) is 7.49. The van der Waals surface area contributed by atoms with E-state index in [2.05, 4.69) is 5.32 Å². The number of nitrogens with one attached hydrogen (secondary N) is 1. The lowest BCUT2D eigenvalue weighted by Gasteiger charge is -2.30. The topological polar surface area (TPSA) is 76.8 Å². The zero-order chi connectivity index (χ0) is 17.4. The molecule has 1 saturated heterocycles. The number of esters is 1. The van der Waals surface area contributed by atoms with E-state index in [0.29, 0.717) is 43.7 Å². The first-order valence-electron chi connectivity index (χ1n) is 7.95. The predicted octanol–water partition coefficient (Wildman–Crippen LogP) is 1.17. The molecule has 3 N–H and O–H groups in total. The van der Waals surface area contributed by atoms with E-state index in [1.807, 2.05) is 35.2 Å². The Morgan fingerprint density at radius 3 is 2.62 bits per heavy atom. The van der Waals surface area contributed by atoms with Crippen molar-refractivity contribution in [3.05, 3.63) is 47.3 Å². The van der Waals surface area contributed by atoms with Crippen LogP contribution in [-0.2, 0) is 20.8 Å². The van der Waals surface area contributed by atoms with E-state index in [9.17, 15) is 4.79 Å². The molecule has 1 aromatic rings. The predicted molar refractivity (Wildman–Crippen MR) is 96.1 cm³/mol. The van der Waals surface area contributed by atoms with Gasteiger partial charge in [0.1, 0.15) is 16.4 Å². The number of nitrogens with two attached hydrogens (primary N) is 1. The van der Waals surface area contributed by atoms with Gasteiger partial charge in [-0.05, 0) is 12.5 Å². The van der Waals surface area contributed by atoms with Crippen molar-refractivity contribution in [2.75, 3.05) is 32.9 Å². The molecule has 6 nitrogen and oxygen atoms in total. The maximum atomic E-state index is 12.3. The molecule has 24 heavy (non-hydrogen) atoms.